The van der Waals surface area contributed by atoms with Crippen LogP contribution in [0.5, 0.6) is 5.75 Å². The molecule has 6 nitrogen and oxygen atoms in total. The molecule has 0 aliphatic carbocycles. The summed E-state index contributed by atoms with van der Waals surface area (Å²) in [5.74, 6) is -0.933. The fourth-order valence-corrected chi connectivity index (χ4v) is 2.07. The number of ether oxygens (including phenoxy) is 1. The zero-order valence-electron chi connectivity index (χ0n) is 9.49. The van der Waals surface area contributed by atoms with E-state index >= 15 is 0 Å². The van der Waals surface area contributed by atoms with Gasteiger partial charge in [0.05, 0.1) is 11.0 Å². The highest BCUT2D eigenvalue weighted by Gasteiger charge is 2.35. The van der Waals surface area contributed by atoms with Crippen LogP contribution in [0.1, 0.15) is 0 Å². The van der Waals surface area contributed by atoms with Crippen LogP contribution in [-0.4, -0.2) is 20.9 Å². The largest absolute Gasteiger partial charge is 0.466 e. The van der Waals surface area contributed by atoms with Gasteiger partial charge in [-0.05, 0) is 40.8 Å². The van der Waals surface area contributed by atoms with E-state index in [0.29, 0.717) is 0 Å². The molecular weight excluding hydrogens is 368 g/mol. The molecule has 1 aliphatic rings. The maximum absolute atomic E-state index is 13.7. The van der Waals surface area contributed by atoms with Gasteiger partial charge in [-0.2, -0.15) is 0 Å². The molecule has 100 valence electrons. The molecule has 1 aromatic rings. The Balaban J connectivity index is 2.27. The number of hydrogen-bond donors (Lipinski definition) is 1. The number of nitrogens with zero attached hydrogens (tertiary/aromatic N) is 2. The first-order valence-electron chi connectivity index (χ1n) is 5.21. The van der Waals surface area contributed by atoms with Crippen molar-refractivity contribution in [3.63, 3.8) is 0 Å². The summed E-state index contributed by atoms with van der Waals surface area (Å²) in [6.07, 6.45) is 4.12. The minimum atomic E-state index is -1.02. The highest BCUT2D eigenvalue weighted by molar-refractivity contribution is 14.1. The van der Waals surface area contributed by atoms with E-state index < -0.39 is 20.5 Å². The molecule has 1 aromatic carbocycles. The molecular formula is C11H9FIN3O3. The first-order valence-corrected chi connectivity index (χ1v) is 6.29. The SMILES string of the molecule is NC1N=CC=CC1(I)Oc1ccc([N+](=O)[O-])cc1F. The van der Waals surface area contributed by atoms with Crippen LogP contribution in [0.15, 0.2) is 35.3 Å². The number of allylic oxidation sites excluding steroid dienone is 1. The lowest BCUT2D eigenvalue weighted by Gasteiger charge is -2.30. The molecule has 0 bridgehead atoms. The molecule has 19 heavy (non-hydrogen) atoms. The Morgan fingerprint density at radius 2 is 2.32 bits per heavy atom. The summed E-state index contributed by atoms with van der Waals surface area (Å²) in [4.78, 5) is 13.8. The lowest BCUT2D eigenvalue weighted by atomic mass is 10.2. The number of rotatable bonds is 3. The lowest BCUT2D eigenvalue weighted by molar-refractivity contribution is -0.385. The third-order valence-electron chi connectivity index (χ3n) is 2.45. The molecule has 0 saturated carbocycles. The molecule has 1 aliphatic heterocycles. The van der Waals surface area contributed by atoms with Crippen molar-refractivity contribution in [3.8, 4) is 5.75 Å². The summed E-state index contributed by atoms with van der Waals surface area (Å²) >= 11 is 1.91. The minimum Gasteiger partial charge on any atom is -0.466 e. The Morgan fingerprint density at radius 1 is 1.58 bits per heavy atom. The second-order valence-electron chi connectivity index (χ2n) is 3.77. The third kappa shape index (κ3) is 2.89. The van der Waals surface area contributed by atoms with Crippen LogP contribution in [0, 0.1) is 15.9 Å². The van der Waals surface area contributed by atoms with Crippen LogP contribution >= 0.6 is 22.6 Å². The maximum Gasteiger partial charge on any atom is 0.272 e. The fraction of sp³-hybridized carbons (Fsp3) is 0.182. The number of benzene rings is 1. The molecule has 2 rings (SSSR count). The van der Waals surface area contributed by atoms with Gasteiger partial charge in [-0.25, -0.2) is 4.39 Å². The van der Waals surface area contributed by atoms with Gasteiger partial charge < -0.3 is 10.5 Å². The van der Waals surface area contributed by atoms with Crippen molar-refractivity contribution in [1.82, 2.24) is 0 Å². The first-order chi connectivity index (χ1) is 8.92. The molecule has 2 unspecified atom stereocenters. The van der Waals surface area contributed by atoms with Gasteiger partial charge >= 0.3 is 0 Å². The molecule has 0 aromatic heterocycles. The molecule has 0 radical (unpaired) electrons. The smallest absolute Gasteiger partial charge is 0.272 e. The quantitative estimate of drug-likeness (QED) is 0.378. The second-order valence-corrected chi connectivity index (χ2v) is 5.46. The minimum absolute atomic E-state index is 0.114. The number of hydrogen-bond acceptors (Lipinski definition) is 5. The third-order valence-corrected chi connectivity index (χ3v) is 3.67. The summed E-state index contributed by atoms with van der Waals surface area (Å²) in [6.45, 7) is 0. The fourth-order valence-electron chi connectivity index (χ4n) is 1.47. The summed E-state index contributed by atoms with van der Waals surface area (Å²) in [7, 11) is 0. The zero-order chi connectivity index (χ0) is 14.0. The molecule has 2 atom stereocenters. The van der Waals surface area contributed by atoms with Gasteiger partial charge in [0.1, 0.15) is 0 Å². The van der Waals surface area contributed by atoms with E-state index in [0.717, 1.165) is 6.07 Å². The van der Waals surface area contributed by atoms with Crippen LogP contribution in [0.4, 0.5) is 10.1 Å². The van der Waals surface area contributed by atoms with Crippen molar-refractivity contribution >= 4 is 34.5 Å². The van der Waals surface area contributed by atoms with Gasteiger partial charge in [-0.1, -0.05) is 0 Å². The Bertz CT molecular complexity index is 578. The topological polar surface area (TPSA) is 90.8 Å². The monoisotopic (exact) mass is 377 g/mol. The maximum atomic E-state index is 13.7. The number of nitro groups is 1. The average Bonchev–Trinajstić information content (AvgIpc) is 2.35. The van der Waals surface area contributed by atoms with E-state index in [-0.39, 0.29) is 11.4 Å². The average molecular weight is 377 g/mol. The number of nitrogens with two attached hydrogens (primary N) is 1. The molecule has 0 saturated heterocycles. The van der Waals surface area contributed by atoms with E-state index in [9.17, 15) is 14.5 Å². The number of halogens is 2. The van der Waals surface area contributed by atoms with Gasteiger partial charge in [-0.15, -0.1) is 0 Å². The summed E-state index contributed by atoms with van der Waals surface area (Å²) in [5, 5.41) is 10.5. The van der Waals surface area contributed by atoms with E-state index in [2.05, 4.69) is 4.99 Å². The van der Waals surface area contributed by atoms with Crippen molar-refractivity contribution in [1.29, 1.82) is 0 Å². The van der Waals surface area contributed by atoms with Crippen LogP contribution in [0.3, 0.4) is 0 Å². The number of aliphatic imine (C=N–C) groups is 1. The second kappa shape index (κ2) is 5.21. The van der Waals surface area contributed by atoms with Gasteiger partial charge in [0, 0.05) is 12.3 Å². The highest BCUT2D eigenvalue weighted by atomic mass is 127. The normalized spacial score (nSPS) is 25.3. The Labute approximate surface area is 121 Å². The van der Waals surface area contributed by atoms with Gasteiger partial charge in [0.2, 0.25) is 3.61 Å². The van der Waals surface area contributed by atoms with Crippen LogP contribution in [0.2, 0.25) is 0 Å². The van der Waals surface area contributed by atoms with Crippen LogP contribution in [0.25, 0.3) is 0 Å². The van der Waals surface area contributed by atoms with E-state index in [4.69, 9.17) is 10.5 Å². The molecule has 0 spiro atoms. The predicted octanol–water partition coefficient (Wildman–Crippen LogP) is 2.17. The number of alkyl halides is 1. The van der Waals surface area contributed by atoms with E-state index in [1.54, 1.807) is 12.2 Å². The van der Waals surface area contributed by atoms with Crippen LogP contribution in [-0.2, 0) is 0 Å². The Kier molecular flexibility index (Phi) is 3.80. The first kappa shape index (κ1) is 13.9. The summed E-state index contributed by atoms with van der Waals surface area (Å²) in [6, 6.07) is 3.17. The Morgan fingerprint density at radius 3 is 2.89 bits per heavy atom. The molecule has 2 N–H and O–H groups in total. The molecule has 0 amide bonds. The van der Waals surface area contributed by atoms with Crippen molar-refractivity contribution in [2.75, 3.05) is 0 Å². The van der Waals surface area contributed by atoms with E-state index in [1.165, 1.54) is 18.3 Å². The van der Waals surface area contributed by atoms with E-state index in [1.807, 2.05) is 22.6 Å². The molecule has 0 fully saturated rings. The molecule has 8 heteroatoms. The Hall–Kier alpha value is -1.55. The summed E-state index contributed by atoms with van der Waals surface area (Å²) < 4.78 is 18.2. The number of dihydropyridines is 1. The van der Waals surface area contributed by atoms with Gasteiger partial charge in [0.25, 0.3) is 5.69 Å². The summed E-state index contributed by atoms with van der Waals surface area (Å²) in [5.41, 5.74) is 5.44. The lowest BCUT2D eigenvalue weighted by Crippen LogP contribution is -2.46. The van der Waals surface area contributed by atoms with Gasteiger partial charge in [0.15, 0.2) is 17.7 Å². The number of non-ortho nitro benzene ring substituents is 1. The van der Waals surface area contributed by atoms with Crippen molar-refractivity contribution in [2.24, 2.45) is 10.7 Å². The van der Waals surface area contributed by atoms with Crippen molar-refractivity contribution in [2.45, 2.75) is 9.77 Å². The van der Waals surface area contributed by atoms with Gasteiger partial charge in [-0.3, -0.25) is 15.1 Å². The zero-order valence-corrected chi connectivity index (χ0v) is 11.7. The van der Waals surface area contributed by atoms with Crippen molar-refractivity contribution in [3.05, 3.63) is 46.3 Å². The highest BCUT2D eigenvalue weighted by Crippen LogP contribution is 2.33. The van der Waals surface area contributed by atoms with Crippen molar-refractivity contribution < 1.29 is 14.1 Å². The predicted molar refractivity (Wildman–Crippen MR) is 76.0 cm³/mol. The van der Waals surface area contributed by atoms with Crippen LogP contribution < -0.4 is 10.5 Å². The number of nitro benzene ring substituents is 1. The standard InChI is InChI=1S/C11H9FIN3O3/c12-8-6-7(16(17)18)2-3-9(8)19-11(13)4-1-5-15-10(11)14/h1-6,10H,14H2. The molecule has 1 heterocycles.